The van der Waals surface area contributed by atoms with Gasteiger partial charge in [0, 0.05) is 37.2 Å². The molecule has 1 heterocycles. The number of ether oxygens (including phenoxy) is 1. The zero-order valence-electron chi connectivity index (χ0n) is 9.03. The molecule has 1 aromatic rings. The number of anilines is 1. The molecule has 0 radical (unpaired) electrons. The minimum atomic E-state index is 0.653. The average Bonchev–Trinajstić information content (AvgIpc) is 2.99. The van der Waals surface area contributed by atoms with E-state index in [1.165, 1.54) is 24.4 Å². The third-order valence-electron chi connectivity index (χ3n) is 2.33. The number of nitrogens with one attached hydrogen (secondary N) is 1. The van der Waals surface area contributed by atoms with Crippen molar-refractivity contribution >= 4 is 16.7 Å². The van der Waals surface area contributed by atoms with Gasteiger partial charge in [-0.2, -0.15) is 4.37 Å². The Morgan fingerprint density at radius 3 is 3.13 bits per heavy atom. The largest absolute Gasteiger partial charge is 0.382 e. The molecule has 5 heteroatoms. The molecule has 0 spiro atoms. The molecule has 0 amide bonds. The fraction of sp³-hybridized carbons (Fsp3) is 0.800. The number of hydrogen-bond donors (Lipinski definition) is 1. The van der Waals surface area contributed by atoms with Crippen LogP contribution in [-0.4, -0.2) is 29.1 Å². The first kappa shape index (κ1) is 10.8. The second-order valence-electron chi connectivity index (χ2n) is 3.71. The number of hydrogen-bond acceptors (Lipinski definition) is 5. The average molecular weight is 227 g/mol. The van der Waals surface area contributed by atoms with Gasteiger partial charge in [-0.3, -0.25) is 0 Å². The van der Waals surface area contributed by atoms with Gasteiger partial charge in [0.05, 0.1) is 0 Å². The molecule has 0 atom stereocenters. The highest BCUT2D eigenvalue weighted by Gasteiger charge is 2.27. The van der Waals surface area contributed by atoms with Gasteiger partial charge >= 0.3 is 0 Å². The third-order valence-corrected chi connectivity index (χ3v) is 3.02. The quantitative estimate of drug-likeness (QED) is 0.726. The molecule has 1 aromatic heterocycles. The van der Waals surface area contributed by atoms with Gasteiger partial charge in [-0.15, -0.1) is 0 Å². The number of rotatable bonds is 7. The lowest BCUT2D eigenvalue weighted by Crippen LogP contribution is -2.05. The summed E-state index contributed by atoms with van der Waals surface area (Å²) >= 11 is 1.47. The smallest absolute Gasteiger partial charge is 0.202 e. The van der Waals surface area contributed by atoms with Crippen LogP contribution in [-0.2, 0) is 4.74 Å². The Bertz CT molecular complexity index is 299. The second kappa shape index (κ2) is 5.42. The first-order chi connectivity index (χ1) is 7.40. The van der Waals surface area contributed by atoms with E-state index in [2.05, 4.69) is 14.7 Å². The molecule has 1 aliphatic rings. The van der Waals surface area contributed by atoms with Gasteiger partial charge in [0.25, 0.3) is 0 Å². The summed E-state index contributed by atoms with van der Waals surface area (Å²) in [4.78, 5) is 4.45. The molecule has 0 aromatic carbocycles. The molecule has 84 valence electrons. The van der Waals surface area contributed by atoms with Crippen molar-refractivity contribution in [1.82, 2.24) is 9.36 Å². The highest BCUT2D eigenvalue weighted by atomic mass is 32.1. The summed E-state index contributed by atoms with van der Waals surface area (Å²) in [6.45, 7) is 4.54. The van der Waals surface area contributed by atoms with Crippen LogP contribution in [0.3, 0.4) is 0 Å². The van der Waals surface area contributed by atoms with Crippen LogP contribution in [0.5, 0.6) is 0 Å². The van der Waals surface area contributed by atoms with E-state index in [0.29, 0.717) is 5.92 Å². The molecule has 0 aliphatic heterocycles. The van der Waals surface area contributed by atoms with Gasteiger partial charge in [0.15, 0.2) is 0 Å². The zero-order valence-corrected chi connectivity index (χ0v) is 9.85. The second-order valence-corrected chi connectivity index (χ2v) is 4.46. The van der Waals surface area contributed by atoms with Crippen molar-refractivity contribution in [3.63, 3.8) is 0 Å². The molecule has 0 bridgehead atoms. The van der Waals surface area contributed by atoms with Gasteiger partial charge in [-0.1, -0.05) is 0 Å². The topological polar surface area (TPSA) is 47.0 Å². The number of aromatic nitrogens is 2. The van der Waals surface area contributed by atoms with Crippen molar-refractivity contribution in [2.24, 2.45) is 0 Å². The fourth-order valence-corrected chi connectivity index (χ4v) is 2.00. The van der Waals surface area contributed by atoms with Crippen LogP contribution < -0.4 is 5.32 Å². The molecule has 0 saturated heterocycles. The lowest BCUT2D eigenvalue weighted by atomic mass is 10.4. The first-order valence-corrected chi connectivity index (χ1v) is 6.32. The molecular weight excluding hydrogens is 210 g/mol. The van der Waals surface area contributed by atoms with Gasteiger partial charge in [-0.25, -0.2) is 4.98 Å². The van der Waals surface area contributed by atoms with Crippen molar-refractivity contribution < 1.29 is 4.74 Å². The zero-order chi connectivity index (χ0) is 10.5. The highest BCUT2D eigenvalue weighted by molar-refractivity contribution is 7.09. The van der Waals surface area contributed by atoms with E-state index in [-0.39, 0.29) is 0 Å². The SMILES string of the molecule is CCOCCCNc1nc(C2CC2)ns1. The van der Waals surface area contributed by atoms with E-state index >= 15 is 0 Å². The van der Waals surface area contributed by atoms with Crippen molar-refractivity contribution in [3.05, 3.63) is 5.82 Å². The van der Waals surface area contributed by atoms with E-state index in [0.717, 1.165) is 37.1 Å². The molecule has 4 nitrogen and oxygen atoms in total. The Morgan fingerprint density at radius 1 is 1.53 bits per heavy atom. The van der Waals surface area contributed by atoms with Crippen LogP contribution >= 0.6 is 11.5 Å². The number of nitrogens with zero attached hydrogens (tertiary/aromatic N) is 2. The molecule has 1 saturated carbocycles. The van der Waals surface area contributed by atoms with E-state index in [1.54, 1.807) is 0 Å². The van der Waals surface area contributed by atoms with E-state index in [4.69, 9.17) is 4.74 Å². The maximum atomic E-state index is 5.25. The Kier molecular flexibility index (Phi) is 3.91. The minimum Gasteiger partial charge on any atom is -0.382 e. The predicted molar refractivity (Wildman–Crippen MR) is 61.5 cm³/mol. The molecule has 2 rings (SSSR count). The van der Waals surface area contributed by atoms with Gasteiger partial charge < -0.3 is 10.1 Å². The first-order valence-electron chi connectivity index (χ1n) is 5.55. The fourth-order valence-electron chi connectivity index (χ4n) is 1.33. The van der Waals surface area contributed by atoms with Crippen LogP contribution in [0.2, 0.25) is 0 Å². The van der Waals surface area contributed by atoms with Crippen LogP contribution in [0.25, 0.3) is 0 Å². The summed E-state index contributed by atoms with van der Waals surface area (Å²) in [5.74, 6) is 1.69. The summed E-state index contributed by atoms with van der Waals surface area (Å²) in [7, 11) is 0. The predicted octanol–water partition coefficient (Wildman–Crippen LogP) is 2.25. The molecular formula is C10H17N3OS. The molecule has 0 unspecified atom stereocenters. The monoisotopic (exact) mass is 227 g/mol. The molecule has 1 fully saturated rings. The summed E-state index contributed by atoms with van der Waals surface area (Å²) in [5, 5.41) is 4.22. The summed E-state index contributed by atoms with van der Waals surface area (Å²) in [6, 6.07) is 0. The Labute approximate surface area is 94.2 Å². The maximum Gasteiger partial charge on any atom is 0.202 e. The van der Waals surface area contributed by atoms with Crippen LogP contribution in [0.15, 0.2) is 0 Å². The highest BCUT2D eigenvalue weighted by Crippen LogP contribution is 2.39. The minimum absolute atomic E-state index is 0.653. The Balaban J connectivity index is 1.64. The standard InChI is InChI=1S/C10H17N3OS/c1-2-14-7-3-6-11-10-12-9(13-15-10)8-4-5-8/h8H,2-7H2,1H3,(H,11,12,13). The van der Waals surface area contributed by atoms with E-state index in [9.17, 15) is 0 Å². The summed E-state index contributed by atoms with van der Waals surface area (Å²) in [6.07, 6.45) is 3.55. The van der Waals surface area contributed by atoms with Crippen molar-refractivity contribution in [2.75, 3.05) is 25.1 Å². The maximum absolute atomic E-state index is 5.25. The van der Waals surface area contributed by atoms with Gasteiger partial charge in [0.1, 0.15) is 5.82 Å². The summed E-state index contributed by atoms with van der Waals surface area (Å²) in [5.41, 5.74) is 0. The molecule has 15 heavy (non-hydrogen) atoms. The normalized spacial score (nSPS) is 15.5. The van der Waals surface area contributed by atoms with E-state index < -0.39 is 0 Å². The van der Waals surface area contributed by atoms with Crippen molar-refractivity contribution in [1.29, 1.82) is 0 Å². The van der Waals surface area contributed by atoms with Crippen LogP contribution in [0.1, 0.15) is 37.9 Å². The van der Waals surface area contributed by atoms with E-state index in [1.807, 2.05) is 6.92 Å². The van der Waals surface area contributed by atoms with Gasteiger partial charge in [-0.05, 0) is 26.2 Å². The van der Waals surface area contributed by atoms with Gasteiger partial charge in [0.2, 0.25) is 5.13 Å². The molecule has 1 aliphatic carbocycles. The lowest BCUT2D eigenvalue weighted by molar-refractivity contribution is 0.147. The van der Waals surface area contributed by atoms with Crippen LogP contribution in [0, 0.1) is 0 Å². The van der Waals surface area contributed by atoms with Crippen molar-refractivity contribution in [2.45, 2.75) is 32.1 Å². The summed E-state index contributed by atoms with van der Waals surface area (Å²) < 4.78 is 9.58. The molecule has 1 N–H and O–H groups in total. The Morgan fingerprint density at radius 2 is 2.40 bits per heavy atom. The lowest BCUT2D eigenvalue weighted by Gasteiger charge is -2.01. The van der Waals surface area contributed by atoms with Crippen molar-refractivity contribution in [3.8, 4) is 0 Å². The van der Waals surface area contributed by atoms with Crippen LogP contribution in [0.4, 0.5) is 5.13 Å². The third kappa shape index (κ3) is 3.43. The Hall–Kier alpha value is -0.680.